The van der Waals surface area contributed by atoms with E-state index in [4.69, 9.17) is 47.9 Å². The van der Waals surface area contributed by atoms with E-state index in [1.807, 2.05) is 96.3 Å². The van der Waals surface area contributed by atoms with Crippen molar-refractivity contribution in [1.82, 2.24) is 19.9 Å². The van der Waals surface area contributed by atoms with Gasteiger partial charge < -0.3 is 47.9 Å². The summed E-state index contributed by atoms with van der Waals surface area (Å²) in [6, 6.07) is 40.8. The molecule has 0 saturated heterocycles. The van der Waals surface area contributed by atoms with Crippen molar-refractivity contribution in [3.8, 4) is 67.5 Å². The number of pyridine rings is 2. The van der Waals surface area contributed by atoms with Crippen molar-refractivity contribution in [1.29, 1.82) is 0 Å². The summed E-state index contributed by atoms with van der Waals surface area (Å²) in [4.78, 5) is 18.8. The molecule has 5 aromatic heterocycles. The minimum atomic E-state index is 0.326. The predicted octanol–water partition coefficient (Wildman–Crippen LogP) is 10.3. The molecule has 0 saturated carbocycles. The first-order chi connectivity index (χ1) is 37.5. The fraction of sp³-hybridized carbons (Fsp3) is 0.226. The maximum atomic E-state index is 6.57. The number of rotatable bonds is 2. The van der Waals surface area contributed by atoms with E-state index < -0.39 is 0 Å². The Morgan fingerprint density at radius 3 is 1.08 bits per heavy atom. The summed E-state index contributed by atoms with van der Waals surface area (Å²) in [5, 5.41) is 0. The van der Waals surface area contributed by atoms with Gasteiger partial charge in [-0.05, 0) is 96.1 Å². The van der Waals surface area contributed by atoms with Gasteiger partial charge in [0.25, 0.3) is 0 Å². The van der Waals surface area contributed by atoms with Gasteiger partial charge in [-0.3, -0.25) is 0 Å². The third-order valence-electron chi connectivity index (χ3n) is 13.1. The van der Waals surface area contributed by atoms with Gasteiger partial charge in [0, 0.05) is 79.7 Å². The van der Waals surface area contributed by atoms with Crippen molar-refractivity contribution in [3.05, 3.63) is 169 Å². The molecule has 14 rings (SSSR count). The Balaban J connectivity index is 1.06. The molecule has 0 amide bonds. The summed E-state index contributed by atoms with van der Waals surface area (Å²) in [5.41, 5.74) is 14.0. The van der Waals surface area contributed by atoms with E-state index >= 15 is 0 Å². The highest BCUT2D eigenvalue weighted by Gasteiger charge is 2.22. The van der Waals surface area contributed by atoms with Crippen molar-refractivity contribution in [2.75, 3.05) is 79.3 Å². The first-order valence-electron chi connectivity index (χ1n) is 25.7. The molecule has 2 N–H and O–H groups in total. The zero-order chi connectivity index (χ0) is 51.5. The average Bonchev–Trinajstić information content (AvgIpc) is 4.34. The monoisotopic (exact) mass is 1020 g/mol. The number of nitrogens with one attached hydrogen (secondary N) is 2. The lowest BCUT2D eigenvalue weighted by Gasteiger charge is -2.13. The minimum absolute atomic E-state index is 0.326. The highest BCUT2D eigenvalue weighted by molar-refractivity contribution is 6.01. The quantitative estimate of drug-likeness (QED) is 0.161. The molecule has 11 heterocycles. The van der Waals surface area contributed by atoms with Gasteiger partial charge in [-0.15, -0.1) is 0 Å². The van der Waals surface area contributed by atoms with Crippen molar-refractivity contribution in [2.24, 2.45) is 14.1 Å². The minimum Gasteiger partial charge on any atom is -0.491 e. The van der Waals surface area contributed by atoms with Crippen LogP contribution in [0.5, 0.6) is 23.0 Å². The van der Waals surface area contributed by atoms with Crippen LogP contribution in [-0.2, 0) is 33.0 Å². The van der Waals surface area contributed by atoms with Gasteiger partial charge in [-0.2, -0.15) is 0 Å². The van der Waals surface area contributed by atoms with Crippen molar-refractivity contribution < 1.29 is 47.0 Å². The van der Waals surface area contributed by atoms with Crippen LogP contribution in [0.1, 0.15) is 22.8 Å². The van der Waals surface area contributed by atoms with E-state index in [0.717, 1.165) is 101 Å². The number of aryl methyl sites for hydroxylation is 2. The molecule has 384 valence electrons. The molecule has 12 bridgehead atoms. The van der Waals surface area contributed by atoms with Crippen molar-refractivity contribution >= 4 is 46.4 Å². The maximum absolute atomic E-state index is 6.57. The predicted molar refractivity (Wildman–Crippen MR) is 295 cm³/mol. The fourth-order valence-electron chi connectivity index (χ4n) is 9.45. The van der Waals surface area contributed by atoms with Crippen LogP contribution in [0.3, 0.4) is 0 Å². The highest BCUT2D eigenvalue weighted by atomic mass is 16.6. The molecule has 0 spiro atoms. The van der Waals surface area contributed by atoms with E-state index in [1.54, 1.807) is 0 Å². The number of aromatic nitrogens is 6. The Bertz CT molecular complexity index is 3350. The number of aromatic amines is 2. The van der Waals surface area contributed by atoms with Crippen LogP contribution in [0.25, 0.3) is 90.9 Å². The topological polar surface area (TPSA) is 139 Å². The summed E-state index contributed by atoms with van der Waals surface area (Å²) < 4.78 is 52.6. The summed E-state index contributed by atoms with van der Waals surface area (Å²) in [7, 11) is 4.04. The van der Waals surface area contributed by atoms with E-state index in [-0.39, 0.29) is 0 Å². The number of benzene rings is 3. The standard InChI is InChI=1S/C62H59N6O8/c1-67-27-23-43(24-28-67)59-49-15-19-53(63-49)61-47-7-3-5-9-57(47)75-41-37-71-33-31-69-35-39-73-45-11-13-46(14-12-45)74-40-36-70-32-34-72-38-42-76-58-10-6-4-8-48(58)62(54-20-16-50(59)64-54)56-22-18-52(66-56)60(51-17-21-55(61)65-51)44-25-29-68(2)30-26-44/h3-30H,31-42H2,1-2H3,(H,63,64,65,66)/q+1/p+1. The normalized spacial score (nSPS) is 15.0. The van der Waals surface area contributed by atoms with Gasteiger partial charge >= 0.3 is 0 Å². The molecule has 6 aliphatic rings. The molecule has 8 aromatic rings. The van der Waals surface area contributed by atoms with Gasteiger partial charge in [0.1, 0.15) is 63.5 Å². The number of nitrogens with zero attached hydrogens (tertiary/aromatic N) is 4. The Morgan fingerprint density at radius 2 is 0.671 bits per heavy atom. The summed E-state index contributed by atoms with van der Waals surface area (Å²) in [5.74, 6) is 2.87. The molecule has 0 atom stereocenters. The van der Waals surface area contributed by atoms with Crippen LogP contribution >= 0.6 is 0 Å². The van der Waals surface area contributed by atoms with Crippen LogP contribution in [0.4, 0.5) is 0 Å². The Morgan fingerprint density at radius 1 is 0.342 bits per heavy atom. The van der Waals surface area contributed by atoms with E-state index in [1.165, 1.54) is 0 Å². The lowest BCUT2D eigenvalue weighted by atomic mass is 10.0. The molecule has 0 fully saturated rings. The lowest BCUT2D eigenvalue weighted by molar-refractivity contribution is -0.671. The summed E-state index contributed by atoms with van der Waals surface area (Å²) in [6.07, 6.45) is 16.6. The van der Waals surface area contributed by atoms with Gasteiger partial charge in [0.15, 0.2) is 24.8 Å². The summed E-state index contributed by atoms with van der Waals surface area (Å²) >= 11 is 0. The Labute approximate surface area is 441 Å². The third-order valence-corrected chi connectivity index (χ3v) is 13.1. The van der Waals surface area contributed by atoms with E-state index in [2.05, 4.69) is 107 Å². The van der Waals surface area contributed by atoms with Crippen LogP contribution in [0.15, 0.2) is 146 Å². The Hall–Kier alpha value is -8.40. The van der Waals surface area contributed by atoms with E-state index in [0.29, 0.717) is 90.8 Å². The smallest absolute Gasteiger partial charge is 0.169 e. The summed E-state index contributed by atoms with van der Waals surface area (Å²) in [6.45, 7) is 4.72. The molecular formula is C62H60N6O8+2. The number of para-hydroxylation sites is 2. The van der Waals surface area contributed by atoms with Crippen molar-refractivity contribution in [2.45, 2.75) is 0 Å². The second kappa shape index (κ2) is 23.9. The molecule has 3 aromatic carbocycles. The molecule has 6 aliphatic heterocycles. The molecule has 0 radical (unpaired) electrons. The number of hydrogen-bond acceptors (Lipinski definition) is 10. The molecule has 14 nitrogen and oxygen atoms in total. The molecular weight excluding hydrogens is 957 g/mol. The van der Waals surface area contributed by atoms with E-state index in [9.17, 15) is 0 Å². The highest BCUT2D eigenvalue weighted by Crippen LogP contribution is 2.41. The zero-order valence-corrected chi connectivity index (χ0v) is 42.7. The lowest BCUT2D eigenvalue weighted by Crippen LogP contribution is -2.25. The van der Waals surface area contributed by atoms with Gasteiger partial charge in [0.2, 0.25) is 0 Å². The molecule has 14 heteroatoms. The molecule has 0 unspecified atom stereocenters. The second-order valence-electron chi connectivity index (χ2n) is 18.3. The third kappa shape index (κ3) is 11.6. The molecule has 0 aliphatic carbocycles. The largest absolute Gasteiger partial charge is 0.491 e. The van der Waals surface area contributed by atoms with Crippen LogP contribution in [0, 0.1) is 0 Å². The van der Waals surface area contributed by atoms with Gasteiger partial charge in [-0.1, -0.05) is 36.4 Å². The SMILES string of the molecule is C[n+]1ccc(-c2c3nc(c4c5ccc([nH]5)c(-c5cc[n+](C)cc5)c5ccc([nH]5)c(c5nc2C=C5)-c2ccccc2OCCOCCOCCOc2ccc(cc2)OCCOCCOCCOc2ccccc2-4)C=C3)cc1. The van der Waals surface area contributed by atoms with Gasteiger partial charge in [-0.25, -0.2) is 19.1 Å². The fourth-order valence-corrected chi connectivity index (χ4v) is 9.45. The zero-order valence-electron chi connectivity index (χ0n) is 42.7. The first kappa shape index (κ1) is 49.8. The maximum Gasteiger partial charge on any atom is 0.169 e. The average molecular weight is 1020 g/mol. The van der Waals surface area contributed by atoms with Crippen LogP contribution in [-0.4, -0.2) is 99.2 Å². The second-order valence-corrected chi connectivity index (χ2v) is 18.3. The Kier molecular flexibility index (Phi) is 15.6. The van der Waals surface area contributed by atoms with Crippen LogP contribution < -0.4 is 28.1 Å². The number of ether oxygens (including phenoxy) is 8. The number of H-pyrrole nitrogens is 2. The number of hydrogen-bond donors (Lipinski definition) is 2. The molecule has 76 heavy (non-hydrogen) atoms. The van der Waals surface area contributed by atoms with Crippen molar-refractivity contribution in [3.63, 3.8) is 0 Å². The van der Waals surface area contributed by atoms with Gasteiger partial charge in [0.05, 0.1) is 75.6 Å². The van der Waals surface area contributed by atoms with Crippen LogP contribution in [0.2, 0.25) is 0 Å². The first-order valence-corrected chi connectivity index (χ1v) is 25.7.